The van der Waals surface area contributed by atoms with Crippen molar-refractivity contribution in [3.8, 4) is 17.2 Å². The van der Waals surface area contributed by atoms with E-state index in [0.29, 0.717) is 5.75 Å². The van der Waals surface area contributed by atoms with Crippen LogP contribution < -0.4 is 14.2 Å². The summed E-state index contributed by atoms with van der Waals surface area (Å²) in [6.07, 6.45) is 1.02. The van der Waals surface area contributed by atoms with Gasteiger partial charge < -0.3 is 23.7 Å². The van der Waals surface area contributed by atoms with E-state index in [1.807, 2.05) is 12.1 Å². The van der Waals surface area contributed by atoms with Gasteiger partial charge in [-0.2, -0.15) is 0 Å². The lowest BCUT2D eigenvalue weighted by atomic mass is 9.95. The first-order chi connectivity index (χ1) is 10.8. The Bertz CT molecular complexity index is 556. The highest BCUT2D eigenvalue weighted by Gasteiger charge is 2.43. The molecule has 0 saturated carbocycles. The molecule has 0 aliphatic carbocycles. The largest absolute Gasteiger partial charge is 0.493 e. The maximum absolute atomic E-state index is 5.70. The second kappa shape index (κ2) is 5.61. The highest BCUT2D eigenvalue weighted by atomic mass is 16.7. The maximum atomic E-state index is 5.70. The van der Waals surface area contributed by atoms with Crippen molar-refractivity contribution in [2.24, 2.45) is 0 Å². The summed E-state index contributed by atoms with van der Waals surface area (Å²) in [6.45, 7) is 5.07. The van der Waals surface area contributed by atoms with E-state index in [2.05, 4.69) is 4.90 Å². The van der Waals surface area contributed by atoms with Gasteiger partial charge >= 0.3 is 0 Å². The predicted octanol–water partition coefficient (Wildman–Crippen LogP) is 1.42. The first kappa shape index (κ1) is 14.1. The molecule has 0 amide bonds. The summed E-state index contributed by atoms with van der Waals surface area (Å²) >= 11 is 0. The molecule has 4 rings (SSSR count). The van der Waals surface area contributed by atoms with Crippen LogP contribution >= 0.6 is 0 Å². The summed E-state index contributed by atoms with van der Waals surface area (Å²) in [6, 6.07) is 4.08. The Balaban J connectivity index is 1.60. The molecule has 0 N–H and O–H groups in total. The zero-order chi connectivity index (χ0) is 15.0. The average Bonchev–Trinajstić information content (AvgIpc) is 3.19. The van der Waals surface area contributed by atoms with Gasteiger partial charge in [-0.25, -0.2) is 0 Å². The summed E-state index contributed by atoms with van der Waals surface area (Å²) in [7, 11) is 1.65. The normalized spacial score (nSPS) is 27.5. The van der Waals surface area contributed by atoms with Gasteiger partial charge in [0.15, 0.2) is 11.5 Å². The Labute approximate surface area is 129 Å². The lowest BCUT2D eigenvalue weighted by molar-refractivity contribution is -0.0749. The third-order valence-electron chi connectivity index (χ3n) is 4.72. The first-order valence-electron chi connectivity index (χ1n) is 7.68. The van der Waals surface area contributed by atoms with E-state index in [4.69, 9.17) is 23.7 Å². The van der Waals surface area contributed by atoms with Gasteiger partial charge in [0, 0.05) is 19.7 Å². The quantitative estimate of drug-likeness (QED) is 0.842. The van der Waals surface area contributed by atoms with Crippen LogP contribution in [-0.2, 0) is 16.0 Å². The van der Waals surface area contributed by atoms with Crippen LogP contribution in [0.4, 0.5) is 0 Å². The Hall–Kier alpha value is -1.50. The lowest BCUT2D eigenvalue weighted by Gasteiger charge is -2.43. The Morgan fingerprint density at radius 2 is 2.05 bits per heavy atom. The van der Waals surface area contributed by atoms with Crippen LogP contribution in [0.25, 0.3) is 0 Å². The molecule has 0 aromatic heterocycles. The maximum Gasteiger partial charge on any atom is 0.231 e. The minimum Gasteiger partial charge on any atom is -0.493 e. The molecule has 2 fully saturated rings. The number of fused-ring (bicyclic) bond motifs is 1. The number of methoxy groups -OCH3 is 1. The second-order valence-electron chi connectivity index (χ2n) is 6.03. The van der Waals surface area contributed by atoms with E-state index in [1.165, 1.54) is 0 Å². The number of nitrogens with zero attached hydrogens (tertiary/aromatic N) is 1. The lowest BCUT2D eigenvalue weighted by Crippen LogP contribution is -2.56. The van der Waals surface area contributed by atoms with E-state index < -0.39 is 0 Å². The van der Waals surface area contributed by atoms with Gasteiger partial charge in [-0.3, -0.25) is 4.90 Å². The van der Waals surface area contributed by atoms with Crippen molar-refractivity contribution in [3.05, 3.63) is 17.7 Å². The van der Waals surface area contributed by atoms with Crippen molar-refractivity contribution in [2.45, 2.75) is 18.5 Å². The van der Waals surface area contributed by atoms with Gasteiger partial charge in [-0.15, -0.1) is 0 Å². The number of rotatable bonds is 3. The molecule has 1 atom stereocenters. The third-order valence-corrected chi connectivity index (χ3v) is 4.72. The van der Waals surface area contributed by atoms with E-state index in [-0.39, 0.29) is 12.3 Å². The van der Waals surface area contributed by atoms with Gasteiger partial charge in [0.25, 0.3) is 0 Å². The van der Waals surface area contributed by atoms with Crippen molar-refractivity contribution < 1.29 is 23.7 Å². The minimum absolute atomic E-state index is 0.0157. The van der Waals surface area contributed by atoms with Gasteiger partial charge in [-0.05, 0) is 24.1 Å². The van der Waals surface area contributed by atoms with Crippen molar-refractivity contribution in [1.29, 1.82) is 0 Å². The smallest absolute Gasteiger partial charge is 0.231 e. The Kier molecular flexibility index (Phi) is 3.60. The fraction of sp³-hybridized carbons (Fsp3) is 0.625. The minimum atomic E-state index is 0.0157. The summed E-state index contributed by atoms with van der Waals surface area (Å²) in [5.41, 5.74) is 1.18. The number of hydrogen-bond acceptors (Lipinski definition) is 6. The van der Waals surface area contributed by atoms with Crippen LogP contribution in [0.5, 0.6) is 17.2 Å². The molecule has 1 unspecified atom stereocenters. The van der Waals surface area contributed by atoms with Gasteiger partial charge in [0.2, 0.25) is 12.5 Å². The van der Waals surface area contributed by atoms with E-state index in [0.717, 1.165) is 63.0 Å². The Morgan fingerprint density at radius 1 is 1.18 bits per heavy atom. The summed E-state index contributed by atoms with van der Waals surface area (Å²) in [4.78, 5) is 2.47. The average molecular weight is 307 g/mol. The van der Waals surface area contributed by atoms with Gasteiger partial charge in [-0.1, -0.05) is 0 Å². The molecule has 1 aromatic rings. The number of hydrogen-bond donors (Lipinski definition) is 0. The fourth-order valence-electron chi connectivity index (χ4n) is 3.47. The molecular weight excluding hydrogens is 286 g/mol. The van der Waals surface area contributed by atoms with Crippen LogP contribution in [0.2, 0.25) is 0 Å². The summed E-state index contributed by atoms with van der Waals surface area (Å²) in [5, 5.41) is 0. The molecule has 0 radical (unpaired) electrons. The molecule has 1 aromatic carbocycles. The molecule has 3 heterocycles. The molecule has 6 nitrogen and oxygen atoms in total. The molecule has 6 heteroatoms. The summed E-state index contributed by atoms with van der Waals surface area (Å²) < 4.78 is 27.7. The first-order valence-corrected chi connectivity index (χ1v) is 7.68. The van der Waals surface area contributed by atoms with E-state index >= 15 is 0 Å². The van der Waals surface area contributed by atoms with Crippen molar-refractivity contribution in [2.75, 3.05) is 46.9 Å². The second-order valence-corrected chi connectivity index (χ2v) is 6.03. The molecule has 22 heavy (non-hydrogen) atoms. The topological polar surface area (TPSA) is 49.4 Å². The highest BCUT2D eigenvalue weighted by Crippen LogP contribution is 2.42. The standard InChI is InChI=1S/C16H21NO5/c1-18-13-6-12(7-14-15(13)22-11-21-14)8-17-3-5-20-10-16(17)2-4-19-9-16/h6-7H,2-5,8-11H2,1H3. The number of benzene rings is 1. The van der Waals surface area contributed by atoms with Crippen LogP contribution in [-0.4, -0.2) is 57.3 Å². The zero-order valence-corrected chi connectivity index (χ0v) is 12.8. The van der Waals surface area contributed by atoms with Crippen molar-refractivity contribution in [3.63, 3.8) is 0 Å². The predicted molar refractivity (Wildman–Crippen MR) is 78.5 cm³/mol. The van der Waals surface area contributed by atoms with Gasteiger partial charge in [0.1, 0.15) is 0 Å². The molecule has 3 aliphatic rings. The third kappa shape index (κ3) is 2.31. The molecular formula is C16H21NO5. The van der Waals surface area contributed by atoms with Crippen molar-refractivity contribution in [1.82, 2.24) is 4.90 Å². The number of morpholine rings is 1. The fourth-order valence-corrected chi connectivity index (χ4v) is 3.47. The van der Waals surface area contributed by atoms with E-state index in [1.54, 1.807) is 7.11 Å². The van der Waals surface area contributed by atoms with Gasteiger partial charge in [0.05, 0.1) is 32.5 Å². The molecule has 120 valence electrons. The molecule has 1 spiro atoms. The summed E-state index contributed by atoms with van der Waals surface area (Å²) in [5.74, 6) is 2.20. The van der Waals surface area contributed by atoms with Crippen LogP contribution in [0.3, 0.4) is 0 Å². The number of ether oxygens (including phenoxy) is 5. The molecule has 0 bridgehead atoms. The zero-order valence-electron chi connectivity index (χ0n) is 12.8. The van der Waals surface area contributed by atoms with Crippen LogP contribution in [0.1, 0.15) is 12.0 Å². The molecule has 3 aliphatic heterocycles. The SMILES string of the molecule is COc1cc(CN2CCOCC23CCOC3)cc2c1OCO2. The Morgan fingerprint density at radius 3 is 2.86 bits per heavy atom. The monoisotopic (exact) mass is 307 g/mol. The van der Waals surface area contributed by atoms with Crippen LogP contribution in [0.15, 0.2) is 12.1 Å². The molecule has 2 saturated heterocycles. The highest BCUT2D eigenvalue weighted by molar-refractivity contribution is 5.55. The van der Waals surface area contributed by atoms with E-state index in [9.17, 15) is 0 Å². The van der Waals surface area contributed by atoms with Crippen molar-refractivity contribution >= 4 is 0 Å². The van der Waals surface area contributed by atoms with Crippen LogP contribution in [0, 0.1) is 0 Å².